The molecule has 6 heteroatoms. The number of hydrogen-bond acceptors (Lipinski definition) is 5. The molecule has 1 aromatic carbocycles. The van der Waals surface area contributed by atoms with Gasteiger partial charge in [-0.2, -0.15) is 10.1 Å². The van der Waals surface area contributed by atoms with Crippen LogP contribution in [0.4, 0.5) is 0 Å². The van der Waals surface area contributed by atoms with Crippen LogP contribution < -0.4 is 5.32 Å². The largest absolute Gasteiger partial charge is 0.339 e. The number of nitrogens with one attached hydrogen (secondary N) is 1. The first kappa shape index (κ1) is 14.5. The van der Waals surface area contributed by atoms with Gasteiger partial charge in [-0.3, -0.25) is 0 Å². The molecule has 1 atom stereocenters. The van der Waals surface area contributed by atoms with E-state index in [9.17, 15) is 0 Å². The molecule has 2 aromatic heterocycles. The zero-order valence-corrected chi connectivity index (χ0v) is 12.7. The Kier molecular flexibility index (Phi) is 4.29. The smallest absolute Gasteiger partial charge is 0.231 e. The average Bonchev–Trinajstić information content (AvgIpc) is 3.18. The van der Waals surface area contributed by atoms with Crippen LogP contribution in [0.2, 0.25) is 0 Å². The van der Waals surface area contributed by atoms with Gasteiger partial charge in [-0.1, -0.05) is 23.4 Å². The predicted molar refractivity (Wildman–Crippen MR) is 82.9 cm³/mol. The first-order valence-corrected chi connectivity index (χ1v) is 7.32. The Balaban J connectivity index is 1.68. The van der Waals surface area contributed by atoms with E-state index in [-0.39, 0.29) is 0 Å². The Labute approximate surface area is 129 Å². The maximum absolute atomic E-state index is 5.30. The maximum atomic E-state index is 5.30. The summed E-state index contributed by atoms with van der Waals surface area (Å²) in [7, 11) is 1.92. The van der Waals surface area contributed by atoms with Gasteiger partial charge in [-0.15, -0.1) is 0 Å². The molecule has 0 saturated heterocycles. The summed E-state index contributed by atoms with van der Waals surface area (Å²) in [6.45, 7) is 2.08. The second kappa shape index (κ2) is 6.53. The fourth-order valence-electron chi connectivity index (χ4n) is 2.17. The highest BCUT2D eigenvalue weighted by Crippen LogP contribution is 2.11. The number of para-hydroxylation sites is 1. The van der Waals surface area contributed by atoms with Crippen molar-refractivity contribution in [3.05, 3.63) is 60.0 Å². The van der Waals surface area contributed by atoms with Gasteiger partial charge in [0.2, 0.25) is 5.89 Å². The van der Waals surface area contributed by atoms with Crippen LogP contribution in [-0.2, 0) is 12.8 Å². The van der Waals surface area contributed by atoms with Crippen molar-refractivity contribution in [2.45, 2.75) is 25.8 Å². The first-order valence-electron chi connectivity index (χ1n) is 7.32. The molecule has 3 aromatic rings. The lowest BCUT2D eigenvalue weighted by atomic mass is 10.2. The van der Waals surface area contributed by atoms with Crippen LogP contribution in [0.1, 0.15) is 24.2 Å². The third kappa shape index (κ3) is 3.40. The summed E-state index contributed by atoms with van der Waals surface area (Å²) < 4.78 is 7.15. The minimum atomic E-state index is 0.325. The molecule has 2 heterocycles. The van der Waals surface area contributed by atoms with E-state index < -0.39 is 0 Å². The van der Waals surface area contributed by atoms with Gasteiger partial charge in [0.1, 0.15) is 0 Å². The quantitative estimate of drug-likeness (QED) is 0.753. The third-order valence-electron chi connectivity index (χ3n) is 3.50. The highest BCUT2D eigenvalue weighted by molar-refractivity contribution is 5.31. The lowest BCUT2D eigenvalue weighted by molar-refractivity contribution is 0.377. The van der Waals surface area contributed by atoms with Gasteiger partial charge < -0.3 is 9.84 Å². The third-order valence-corrected chi connectivity index (χ3v) is 3.50. The van der Waals surface area contributed by atoms with Gasteiger partial charge in [-0.25, -0.2) is 4.68 Å². The minimum absolute atomic E-state index is 0.325. The summed E-state index contributed by atoms with van der Waals surface area (Å²) in [6, 6.07) is 10.3. The molecule has 6 nitrogen and oxygen atoms in total. The van der Waals surface area contributed by atoms with E-state index in [1.807, 2.05) is 54.5 Å². The van der Waals surface area contributed by atoms with Crippen LogP contribution in [0.3, 0.4) is 0 Å². The summed E-state index contributed by atoms with van der Waals surface area (Å²) in [5, 5.41) is 11.5. The molecule has 1 unspecified atom stereocenters. The van der Waals surface area contributed by atoms with Gasteiger partial charge in [0.25, 0.3) is 0 Å². The lowest BCUT2D eigenvalue weighted by Gasteiger charge is -2.04. The highest BCUT2D eigenvalue weighted by Gasteiger charge is 2.11. The van der Waals surface area contributed by atoms with Crippen LogP contribution >= 0.6 is 0 Å². The van der Waals surface area contributed by atoms with E-state index in [2.05, 4.69) is 27.5 Å². The first-order chi connectivity index (χ1) is 10.7. The molecular formula is C16H19N5O. The number of hydrogen-bond donors (Lipinski definition) is 1. The van der Waals surface area contributed by atoms with Gasteiger partial charge in [-0.05, 0) is 31.7 Å². The molecule has 3 rings (SSSR count). The van der Waals surface area contributed by atoms with Crippen molar-refractivity contribution in [1.29, 1.82) is 0 Å². The van der Waals surface area contributed by atoms with Gasteiger partial charge in [0.05, 0.1) is 18.3 Å². The van der Waals surface area contributed by atoms with E-state index in [1.54, 1.807) is 0 Å². The number of benzene rings is 1. The zero-order chi connectivity index (χ0) is 15.4. The summed E-state index contributed by atoms with van der Waals surface area (Å²) in [5.41, 5.74) is 2.07. The Morgan fingerprint density at radius 1 is 1.27 bits per heavy atom. The molecule has 114 valence electrons. The molecule has 0 fully saturated rings. The van der Waals surface area contributed by atoms with Crippen molar-refractivity contribution in [2.24, 2.45) is 0 Å². The van der Waals surface area contributed by atoms with E-state index in [1.165, 1.54) is 0 Å². The van der Waals surface area contributed by atoms with Crippen LogP contribution in [0, 0.1) is 0 Å². The van der Waals surface area contributed by atoms with Crippen molar-refractivity contribution < 1.29 is 4.52 Å². The Morgan fingerprint density at radius 2 is 2.09 bits per heavy atom. The number of rotatable bonds is 6. The monoisotopic (exact) mass is 297 g/mol. The molecule has 0 amide bonds. The van der Waals surface area contributed by atoms with E-state index >= 15 is 0 Å². The topological polar surface area (TPSA) is 68.8 Å². The molecule has 0 radical (unpaired) electrons. The van der Waals surface area contributed by atoms with Crippen molar-refractivity contribution >= 4 is 0 Å². The fourth-order valence-corrected chi connectivity index (χ4v) is 2.17. The SMILES string of the molecule is CNC(C)Cc1noc(Cc2cnn(-c3ccccc3)c2)n1. The molecule has 22 heavy (non-hydrogen) atoms. The van der Waals surface area contributed by atoms with Gasteiger partial charge in [0.15, 0.2) is 5.82 Å². The summed E-state index contributed by atoms with van der Waals surface area (Å²) in [6.07, 6.45) is 5.15. The second-order valence-corrected chi connectivity index (χ2v) is 5.30. The molecule has 0 spiro atoms. The summed E-state index contributed by atoms with van der Waals surface area (Å²) >= 11 is 0. The van der Waals surface area contributed by atoms with E-state index in [0.717, 1.165) is 23.5 Å². The summed E-state index contributed by atoms with van der Waals surface area (Å²) in [5.74, 6) is 1.35. The minimum Gasteiger partial charge on any atom is -0.339 e. The van der Waals surface area contributed by atoms with Crippen molar-refractivity contribution in [3.63, 3.8) is 0 Å². The Bertz CT molecular complexity index is 719. The maximum Gasteiger partial charge on any atom is 0.231 e. The molecule has 0 aliphatic carbocycles. The Morgan fingerprint density at radius 3 is 2.86 bits per heavy atom. The molecule has 0 aliphatic heterocycles. The second-order valence-electron chi connectivity index (χ2n) is 5.30. The molecule has 0 bridgehead atoms. The van der Waals surface area contributed by atoms with Crippen LogP contribution in [0.25, 0.3) is 5.69 Å². The predicted octanol–water partition coefficient (Wildman–Crippen LogP) is 2.00. The number of nitrogens with zero attached hydrogens (tertiary/aromatic N) is 4. The lowest BCUT2D eigenvalue weighted by Crippen LogP contribution is -2.24. The van der Waals surface area contributed by atoms with Crippen LogP contribution in [0.15, 0.2) is 47.2 Å². The van der Waals surface area contributed by atoms with E-state index in [4.69, 9.17) is 4.52 Å². The molecule has 0 saturated carbocycles. The zero-order valence-electron chi connectivity index (χ0n) is 12.7. The molecule has 0 aliphatic rings. The van der Waals surface area contributed by atoms with Gasteiger partial charge in [0, 0.05) is 18.7 Å². The van der Waals surface area contributed by atoms with Crippen molar-refractivity contribution in [3.8, 4) is 5.69 Å². The Hall–Kier alpha value is -2.47. The van der Waals surface area contributed by atoms with Crippen LogP contribution in [-0.4, -0.2) is 33.0 Å². The fraction of sp³-hybridized carbons (Fsp3) is 0.312. The molecule has 1 N–H and O–H groups in total. The van der Waals surface area contributed by atoms with Crippen molar-refractivity contribution in [1.82, 2.24) is 25.2 Å². The van der Waals surface area contributed by atoms with E-state index in [0.29, 0.717) is 18.4 Å². The molecular weight excluding hydrogens is 278 g/mol. The van der Waals surface area contributed by atoms with Gasteiger partial charge >= 0.3 is 0 Å². The summed E-state index contributed by atoms with van der Waals surface area (Å²) in [4.78, 5) is 4.42. The normalized spacial score (nSPS) is 12.5. The van der Waals surface area contributed by atoms with Crippen LogP contribution in [0.5, 0.6) is 0 Å². The highest BCUT2D eigenvalue weighted by atomic mass is 16.5. The number of likely N-dealkylation sites (N-methyl/N-ethyl adjacent to an activating group) is 1. The number of aromatic nitrogens is 4. The standard InChI is InChI=1S/C16H19N5O/c1-12(17-2)8-15-19-16(22-20-15)9-13-10-18-21(11-13)14-6-4-3-5-7-14/h3-7,10-12,17H,8-9H2,1-2H3. The van der Waals surface area contributed by atoms with Crippen molar-refractivity contribution in [2.75, 3.05) is 7.05 Å². The average molecular weight is 297 g/mol.